The van der Waals surface area contributed by atoms with Gasteiger partial charge < -0.3 is 19.3 Å². The lowest BCUT2D eigenvalue weighted by Gasteiger charge is -2.08. The van der Waals surface area contributed by atoms with Crippen LogP contribution in [0.25, 0.3) is 0 Å². The monoisotopic (exact) mass is 524 g/mol. The first-order valence-corrected chi connectivity index (χ1v) is 9.22. The normalized spacial score (nSPS) is 9.82. The lowest BCUT2D eigenvalue weighted by Crippen LogP contribution is -2.09. The second-order valence-corrected chi connectivity index (χ2v) is 6.61. The fourth-order valence-corrected chi connectivity index (χ4v) is 2.91. The molecular weight excluding hydrogens is 510 g/mol. The minimum atomic E-state index is -1.33. The number of carboxylic acids is 1. The molecule has 0 radical (unpaired) electrons. The van der Waals surface area contributed by atoms with Crippen LogP contribution in [0.15, 0.2) is 33.2 Å². The van der Waals surface area contributed by atoms with Crippen LogP contribution in [0.1, 0.15) is 27.6 Å². The van der Waals surface area contributed by atoms with Gasteiger partial charge in [0, 0.05) is 8.95 Å². The van der Waals surface area contributed by atoms with E-state index in [-0.39, 0.29) is 28.1 Å². The number of halogens is 4. The molecule has 0 saturated carbocycles. The van der Waals surface area contributed by atoms with Gasteiger partial charge in [0.1, 0.15) is 11.1 Å². The molecule has 0 atom stereocenters. The number of carbonyl (C=O) groups is 2. The largest absolute Gasteiger partial charge is 0.494 e. The van der Waals surface area contributed by atoms with Crippen molar-refractivity contribution in [3.05, 3.63) is 56.0 Å². The van der Waals surface area contributed by atoms with Crippen LogP contribution in [0, 0.1) is 11.6 Å². The van der Waals surface area contributed by atoms with E-state index in [1.165, 1.54) is 38.5 Å². The first kappa shape index (κ1) is 23.8. The van der Waals surface area contributed by atoms with Crippen LogP contribution < -0.4 is 9.47 Å². The summed E-state index contributed by atoms with van der Waals surface area (Å²) in [4.78, 5) is 22.0. The summed E-state index contributed by atoms with van der Waals surface area (Å²) in [7, 11) is 2.61. The Morgan fingerprint density at radius 2 is 1.36 bits per heavy atom. The van der Waals surface area contributed by atoms with Gasteiger partial charge in [-0.05, 0) is 63.0 Å². The fraction of sp³-hybridized carbons (Fsp3) is 0.222. The Hall–Kier alpha value is -2.20. The third kappa shape index (κ3) is 5.65. The van der Waals surface area contributed by atoms with Gasteiger partial charge in [-0.3, -0.25) is 0 Å². The van der Waals surface area contributed by atoms with Gasteiger partial charge in [-0.2, -0.15) is 0 Å². The number of esters is 1. The topological polar surface area (TPSA) is 82.1 Å². The smallest absolute Gasteiger partial charge is 0.342 e. The van der Waals surface area contributed by atoms with Crippen LogP contribution in [0.3, 0.4) is 0 Å². The summed E-state index contributed by atoms with van der Waals surface area (Å²) in [5, 5.41) is 8.64. The quantitative estimate of drug-likeness (QED) is 0.549. The number of rotatable bonds is 5. The lowest BCUT2D eigenvalue weighted by molar-refractivity contribution is 0.0518. The summed E-state index contributed by atoms with van der Waals surface area (Å²) in [6, 6.07) is 5.74. The molecule has 0 spiro atoms. The highest BCUT2D eigenvalue weighted by Crippen LogP contribution is 2.28. The molecule has 0 aliphatic heterocycles. The van der Waals surface area contributed by atoms with Gasteiger partial charge in [0.05, 0.1) is 20.8 Å². The molecule has 2 aromatic rings. The van der Waals surface area contributed by atoms with E-state index in [1.807, 2.05) is 0 Å². The SMILES string of the molecule is CCOC(=O)c1c(Br)ccc(OC)c1F.COc1ccc(Br)c(C(=O)O)c1F. The molecule has 0 aromatic heterocycles. The second kappa shape index (κ2) is 11.0. The van der Waals surface area contributed by atoms with E-state index in [2.05, 4.69) is 36.6 Å². The highest BCUT2D eigenvalue weighted by atomic mass is 79.9. The molecule has 2 rings (SSSR count). The van der Waals surface area contributed by atoms with Crippen molar-refractivity contribution in [1.29, 1.82) is 0 Å². The number of benzene rings is 2. The van der Waals surface area contributed by atoms with Crippen LogP contribution in [0.2, 0.25) is 0 Å². The third-order valence-corrected chi connectivity index (χ3v) is 4.57. The van der Waals surface area contributed by atoms with Crippen LogP contribution in [-0.4, -0.2) is 37.9 Å². The minimum absolute atomic E-state index is 0.0150. The molecule has 0 unspecified atom stereocenters. The Balaban J connectivity index is 0.000000283. The van der Waals surface area contributed by atoms with E-state index in [4.69, 9.17) is 14.6 Å². The summed E-state index contributed by atoms with van der Waals surface area (Å²) >= 11 is 6.02. The third-order valence-electron chi connectivity index (χ3n) is 3.24. The molecule has 0 aliphatic carbocycles. The number of carbonyl (C=O) groups excluding carboxylic acids is 1. The zero-order valence-electron chi connectivity index (χ0n) is 15.0. The Morgan fingerprint density at radius 1 is 0.929 bits per heavy atom. The highest BCUT2D eigenvalue weighted by molar-refractivity contribution is 9.10. The maximum atomic E-state index is 13.7. The van der Waals surface area contributed by atoms with Crippen molar-refractivity contribution in [1.82, 2.24) is 0 Å². The van der Waals surface area contributed by atoms with E-state index in [9.17, 15) is 18.4 Å². The first-order chi connectivity index (χ1) is 13.2. The molecule has 0 fully saturated rings. The predicted octanol–water partition coefficient (Wildman–Crippen LogP) is 5.07. The first-order valence-electron chi connectivity index (χ1n) is 7.63. The van der Waals surface area contributed by atoms with Crippen molar-refractivity contribution in [2.75, 3.05) is 20.8 Å². The van der Waals surface area contributed by atoms with Crippen molar-refractivity contribution >= 4 is 43.8 Å². The summed E-state index contributed by atoms with van der Waals surface area (Å²) in [6.45, 7) is 1.85. The van der Waals surface area contributed by atoms with Crippen LogP contribution >= 0.6 is 31.9 Å². The Kier molecular flexibility index (Phi) is 9.33. The molecule has 1 N–H and O–H groups in total. The van der Waals surface area contributed by atoms with Crippen molar-refractivity contribution in [2.45, 2.75) is 6.92 Å². The summed E-state index contributed by atoms with van der Waals surface area (Å²) in [5.74, 6) is -3.69. The average Bonchev–Trinajstić information content (AvgIpc) is 2.62. The number of aromatic carboxylic acids is 1. The number of carboxylic acid groups (broad SMARTS) is 1. The Labute approximate surface area is 176 Å². The molecule has 2 aromatic carbocycles. The highest BCUT2D eigenvalue weighted by Gasteiger charge is 2.20. The predicted molar refractivity (Wildman–Crippen MR) is 104 cm³/mol. The van der Waals surface area contributed by atoms with Crippen LogP contribution in [0.4, 0.5) is 8.78 Å². The number of hydrogen-bond donors (Lipinski definition) is 1. The van der Waals surface area contributed by atoms with E-state index < -0.39 is 29.1 Å². The van der Waals surface area contributed by atoms with E-state index in [1.54, 1.807) is 6.92 Å². The van der Waals surface area contributed by atoms with Gasteiger partial charge >= 0.3 is 11.9 Å². The maximum Gasteiger partial charge on any atom is 0.342 e. The average molecular weight is 526 g/mol. The van der Waals surface area contributed by atoms with Gasteiger partial charge in [-0.15, -0.1) is 0 Å². The zero-order valence-corrected chi connectivity index (χ0v) is 18.2. The van der Waals surface area contributed by atoms with Gasteiger partial charge in [-0.25, -0.2) is 18.4 Å². The van der Waals surface area contributed by atoms with Crippen molar-refractivity contribution in [3.63, 3.8) is 0 Å². The second-order valence-electron chi connectivity index (χ2n) is 4.90. The Morgan fingerprint density at radius 3 is 1.75 bits per heavy atom. The van der Waals surface area contributed by atoms with E-state index >= 15 is 0 Å². The molecule has 0 aliphatic rings. The van der Waals surface area contributed by atoms with Gasteiger partial charge in [0.2, 0.25) is 0 Å². The van der Waals surface area contributed by atoms with Gasteiger partial charge in [0.25, 0.3) is 0 Å². The standard InChI is InChI=1S/C10H10BrFO3.C8H6BrFO3/c1-3-15-10(13)8-6(11)4-5-7(14-2)9(8)12;1-13-5-3-2-4(9)6(7(5)10)8(11)12/h4-5H,3H2,1-2H3;2-3H,1H3,(H,11,12). The summed E-state index contributed by atoms with van der Waals surface area (Å²) in [5.41, 5.74) is -0.560. The van der Waals surface area contributed by atoms with Crippen molar-refractivity contribution in [2.24, 2.45) is 0 Å². The van der Waals surface area contributed by atoms with E-state index in [0.29, 0.717) is 4.47 Å². The molecule has 0 heterocycles. The van der Waals surface area contributed by atoms with Crippen molar-refractivity contribution < 1.29 is 37.7 Å². The molecular formula is C18H16Br2F2O6. The summed E-state index contributed by atoms with van der Waals surface area (Å²) < 4.78 is 41.6. The molecule has 0 bridgehead atoms. The number of ether oxygens (including phenoxy) is 3. The molecule has 0 saturated heterocycles. The zero-order chi connectivity index (χ0) is 21.4. The lowest BCUT2D eigenvalue weighted by atomic mass is 10.2. The summed E-state index contributed by atoms with van der Waals surface area (Å²) in [6.07, 6.45) is 0. The molecule has 6 nitrogen and oxygen atoms in total. The maximum absolute atomic E-state index is 13.7. The van der Waals surface area contributed by atoms with Crippen LogP contribution in [-0.2, 0) is 4.74 Å². The van der Waals surface area contributed by atoms with Gasteiger partial charge in [0.15, 0.2) is 23.1 Å². The molecule has 0 amide bonds. The molecule has 10 heteroatoms. The number of hydrogen-bond acceptors (Lipinski definition) is 5. The number of methoxy groups -OCH3 is 2. The molecule has 28 heavy (non-hydrogen) atoms. The molecule has 152 valence electrons. The van der Waals surface area contributed by atoms with Crippen LogP contribution in [0.5, 0.6) is 11.5 Å². The minimum Gasteiger partial charge on any atom is -0.494 e. The Bertz CT molecular complexity index is 874. The van der Waals surface area contributed by atoms with Gasteiger partial charge in [-0.1, -0.05) is 0 Å². The fourth-order valence-electron chi connectivity index (χ4n) is 1.97. The van der Waals surface area contributed by atoms with E-state index in [0.717, 1.165) is 0 Å². The van der Waals surface area contributed by atoms with Crippen molar-refractivity contribution in [3.8, 4) is 11.5 Å².